The summed E-state index contributed by atoms with van der Waals surface area (Å²) in [6.07, 6.45) is 1.48. The Bertz CT molecular complexity index is 1330. The first-order valence-electron chi connectivity index (χ1n) is 12.2. The van der Waals surface area contributed by atoms with Gasteiger partial charge in [0, 0.05) is 34.8 Å². The van der Waals surface area contributed by atoms with Gasteiger partial charge in [-0.3, -0.25) is 4.68 Å². The number of amides is 1. The Morgan fingerprint density at radius 3 is 2.57 bits per heavy atom. The lowest BCUT2D eigenvalue weighted by Gasteiger charge is -2.19. The molecule has 0 saturated heterocycles. The van der Waals surface area contributed by atoms with E-state index in [1.54, 1.807) is 11.8 Å². The van der Waals surface area contributed by atoms with Crippen molar-refractivity contribution in [2.45, 2.75) is 52.2 Å². The van der Waals surface area contributed by atoms with E-state index in [4.69, 9.17) is 30.9 Å². The molecular formula is C28H32ClN3O5. The molecule has 0 atom stereocenters. The van der Waals surface area contributed by atoms with Gasteiger partial charge in [0.05, 0.1) is 19.9 Å². The topological polar surface area (TPSA) is 91.7 Å². The Kier molecular flexibility index (Phi) is 7.78. The summed E-state index contributed by atoms with van der Waals surface area (Å²) in [4.78, 5) is 24.8. The second-order valence-corrected chi connectivity index (χ2v) is 10.3. The van der Waals surface area contributed by atoms with Crippen LogP contribution < -0.4 is 10.1 Å². The number of nitrogens with one attached hydrogen (secondary N) is 1. The third-order valence-electron chi connectivity index (χ3n) is 6.10. The summed E-state index contributed by atoms with van der Waals surface area (Å²) in [6, 6.07) is 11.7. The monoisotopic (exact) mass is 525 g/mol. The molecule has 1 aliphatic carbocycles. The summed E-state index contributed by atoms with van der Waals surface area (Å²) in [5.74, 6) is 0.325. The summed E-state index contributed by atoms with van der Waals surface area (Å²) in [7, 11) is 3.02. The van der Waals surface area contributed by atoms with Crippen LogP contribution in [0.1, 0.15) is 48.8 Å². The molecule has 4 rings (SSSR count). The predicted octanol–water partition coefficient (Wildman–Crippen LogP) is 5.68. The Morgan fingerprint density at radius 2 is 1.89 bits per heavy atom. The maximum atomic E-state index is 12.8. The van der Waals surface area contributed by atoms with Crippen molar-refractivity contribution in [3.8, 4) is 28.1 Å². The van der Waals surface area contributed by atoms with E-state index >= 15 is 0 Å². The second-order valence-electron chi connectivity index (χ2n) is 9.89. The molecule has 2 aromatic carbocycles. The molecule has 8 nitrogen and oxygen atoms in total. The Labute approximate surface area is 221 Å². The highest BCUT2D eigenvalue weighted by Crippen LogP contribution is 2.42. The van der Waals surface area contributed by atoms with Crippen LogP contribution in [0, 0.1) is 0 Å². The molecule has 9 heteroatoms. The molecule has 0 fully saturated rings. The third kappa shape index (κ3) is 5.91. The van der Waals surface area contributed by atoms with Gasteiger partial charge in [-0.15, -0.1) is 0 Å². The van der Waals surface area contributed by atoms with E-state index in [1.807, 2.05) is 51.1 Å². The lowest BCUT2D eigenvalue weighted by Crippen LogP contribution is -2.33. The van der Waals surface area contributed by atoms with E-state index in [0.717, 1.165) is 45.7 Å². The highest BCUT2D eigenvalue weighted by molar-refractivity contribution is 6.30. The minimum atomic E-state index is -0.566. The minimum absolute atomic E-state index is 0.382. The number of carbonyl (C=O) groups is 2. The largest absolute Gasteiger partial charge is 0.496 e. The zero-order chi connectivity index (χ0) is 26.7. The van der Waals surface area contributed by atoms with E-state index in [9.17, 15) is 9.59 Å². The van der Waals surface area contributed by atoms with Crippen molar-refractivity contribution >= 4 is 23.7 Å². The van der Waals surface area contributed by atoms with Crippen LogP contribution in [0.25, 0.3) is 22.4 Å². The number of rotatable bonds is 7. The Balaban J connectivity index is 1.66. The molecule has 1 aliphatic rings. The number of aryl methyl sites for hydroxylation is 2. The first-order chi connectivity index (χ1) is 17.6. The molecule has 0 aliphatic heterocycles. The number of hydrogen-bond acceptors (Lipinski definition) is 6. The molecule has 1 N–H and O–H groups in total. The maximum absolute atomic E-state index is 12.8. The fraction of sp³-hybridized carbons (Fsp3) is 0.393. The number of carbonyl (C=O) groups excluding carboxylic acids is 2. The van der Waals surface area contributed by atoms with Crippen LogP contribution in [-0.4, -0.2) is 48.2 Å². The molecule has 0 saturated carbocycles. The van der Waals surface area contributed by atoms with Crippen molar-refractivity contribution in [1.82, 2.24) is 15.1 Å². The summed E-state index contributed by atoms with van der Waals surface area (Å²) in [5.41, 5.74) is 5.38. The highest BCUT2D eigenvalue weighted by Gasteiger charge is 2.30. The predicted molar refractivity (Wildman–Crippen MR) is 142 cm³/mol. The van der Waals surface area contributed by atoms with E-state index in [2.05, 4.69) is 11.4 Å². The molecule has 1 amide bonds. The molecule has 0 spiro atoms. The van der Waals surface area contributed by atoms with Gasteiger partial charge in [0.1, 0.15) is 17.0 Å². The van der Waals surface area contributed by atoms with Crippen LogP contribution in [0.3, 0.4) is 0 Å². The summed E-state index contributed by atoms with van der Waals surface area (Å²) in [5, 5.41) is 8.23. The van der Waals surface area contributed by atoms with Crippen LogP contribution in [0.5, 0.6) is 5.75 Å². The van der Waals surface area contributed by atoms with Crippen molar-refractivity contribution < 1.29 is 23.8 Å². The van der Waals surface area contributed by atoms with Gasteiger partial charge in [0.25, 0.3) is 0 Å². The smallest absolute Gasteiger partial charge is 0.407 e. The molecule has 196 valence electrons. The van der Waals surface area contributed by atoms with Gasteiger partial charge in [-0.2, -0.15) is 5.10 Å². The maximum Gasteiger partial charge on any atom is 0.407 e. The van der Waals surface area contributed by atoms with Crippen molar-refractivity contribution in [2.75, 3.05) is 20.8 Å². The van der Waals surface area contributed by atoms with Crippen LogP contribution in [0.15, 0.2) is 36.4 Å². The lowest BCUT2D eigenvalue weighted by molar-refractivity contribution is 0.0522. The molecule has 1 heterocycles. The molecule has 0 bridgehead atoms. The fourth-order valence-electron chi connectivity index (χ4n) is 4.53. The van der Waals surface area contributed by atoms with Crippen LogP contribution in [0.4, 0.5) is 4.79 Å². The number of fused-ring (bicyclic) bond motifs is 3. The van der Waals surface area contributed by atoms with Gasteiger partial charge in [-0.05, 0) is 75.4 Å². The number of halogens is 1. The number of hydrogen-bond donors (Lipinski definition) is 1. The Morgan fingerprint density at radius 1 is 1.11 bits per heavy atom. The molecule has 3 aromatic rings. The lowest BCUT2D eigenvalue weighted by atomic mass is 9.86. The van der Waals surface area contributed by atoms with Gasteiger partial charge in [-0.25, -0.2) is 9.59 Å². The van der Waals surface area contributed by atoms with E-state index in [0.29, 0.717) is 36.6 Å². The third-order valence-corrected chi connectivity index (χ3v) is 6.34. The number of esters is 1. The second kappa shape index (κ2) is 10.8. The summed E-state index contributed by atoms with van der Waals surface area (Å²) >= 11 is 6.26. The zero-order valence-corrected chi connectivity index (χ0v) is 22.6. The quantitative estimate of drug-likeness (QED) is 0.315. The van der Waals surface area contributed by atoms with Crippen molar-refractivity contribution in [3.63, 3.8) is 0 Å². The van der Waals surface area contributed by atoms with Crippen molar-refractivity contribution in [1.29, 1.82) is 0 Å². The van der Waals surface area contributed by atoms with Crippen LogP contribution in [0.2, 0.25) is 5.02 Å². The SMILES string of the molecule is COC(=O)c1c2c(nn1CCCNC(=O)OC(C)(C)C)-c1cc(-c3cccc(Cl)c3)c(OC)cc1CC2. The van der Waals surface area contributed by atoms with E-state index < -0.39 is 17.7 Å². The molecule has 0 unspecified atom stereocenters. The fourth-order valence-corrected chi connectivity index (χ4v) is 4.72. The molecule has 37 heavy (non-hydrogen) atoms. The van der Waals surface area contributed by atoms with E-state index in [1.165, 1.54) is 7.11 Å². The number of ether oxygens (including phenoxy) is 3. The number of aromatic nitrogens is 2. The van der Waals surface area contributed by atoms with Crippen LogP contribution in [-0.2, 0) is 28.9 Å². The normalized spacial score (nSPS) is 12.4. The van der Waals surface area contributed by atoms with Crippen molar-refractivity contribution in [2.24, 2.45) is 0 Å². The highest BCUT2D eigenvalue weighted by atomic mass is 35.5. The van der Waals surface area contributed by atoms with E-state index in [-0.39, 0.29) is 0 Å². The Hall–Kier alpha value is -3.52. The number of nitrogens with zero attached hydrogens (tertiary/aromatic N) is 2. The first-order valence-corrected chi connectivity index (χ1v) is 12.6. The molecular weight excluding hydrogens is 494 g/mol. The first kappa shape index (κ1) is 26.5. The van der Waals surface area contributed by atoms with Gasteiger partial charge < -0.3 is 19.5 Å². The average molecular weight is 526 g/mol. The van der Waals surface area contributed by atoms with Crippen molar-refractivity contribution in [3.05, 3.63) is 58.2 Å². The summed E-state index contributed by atoms with van der Waals surface area (Å²) < 4.78 is 17.8. The van der Waals surface area contributed by atoms with Gasteiger partial charge in [0.2, 0.25) is 0 Å². The standard InChI is InChI=1S/C28H32ClN3O5/c1-28(2,3)37-27(34)30-12-7-13-32-25(26(33)36-5)20-11-10-18-15-23(35-4)21(16-22(18)24(20)31-32)17-8-6-9-19(29)14-17/h6,8-9,14-16H,7,10-13H2,1-5H3,(H,30,34). The van der Waals surface area contributed by atoms with Gasteiger partial charge in [-0.1, -0.05) is 23.7 Å². The molecule has 1 aromatic heterocycles. The number of alkyl carbamates (subject to hydrolysis) is 1. The zero-order valence-electron chi connectivity index (χ0n) is 21.8. The molecule has 0 radical (unpaired) electrons. The van der Waals surface area contributed by atoms with Gasteiger partial charge in [0.15, 0.2) is 0 Å². The van der Waals surface area contributed by atoms with Crippen LogP contribution >= 0.6 is 11.6 Å². The number of methoxy groups -OCH3 is 2. The summed E-state index contributed by atoms with van der Waals surface area (Å²) in [6.45, 7) is 6.25. The minimum Gasteiger partial charge on any atom is -0.496 e. The average Bonchev–Trinajstić information content (AvgIpc) is 3.23. The number of benzene rings is 2. The van der Waals surface area contributed by atoms with Gasteiger partial charge >= 0.3 is 12.1 Å².